The number of hydrogen-bond donors (Lipinski definition) is 2. The molecule has 1 aromatic rings. The van der Waals surface area contributed by atoms with Crippen LogP contribution in [0.1, 0.15) is 19.3 Å². The molecule has 0 spiro atoms. The number of benzene rings is 1. The van der Waals surface area contributed by atoms with Crippen molar-refractivity contribution in [1.29, 1.82) is 0 Å². The zero-order valence-electron chi connectivity index (χ0n) is 11.5. The fraction of sp³-hybridized carbons (Fsp3) is 0.600. The Hall–Kier alpha value is -0.910. The van der Waals surface area contributed by atoms with Crippen LogP contribution < -0.4 is 14.8 Å². The highest BCUT2D eigenvalue weighted by atomic mass is 32.2. The Morgan fingerprint density at radius 1 is 1.25 bits per heavy atom. The lowest BCUT2D eigenvalue weighted by molar-refractivity contribution is 0.253. The van der Waals surface area contributed by atoms with Crippen LogP contribution >= 0.6 is 11.8 Å². The van der Waals surface area contributed by atoms with Gasteiger partial charge in [0.15, 0.2) is 11.5 Å². The molecule has 1 atom stereocenters. The van der Waals surface area contributed by atoms with Gasteiger partial charge in [-0.15, -0.1) is 11.8 Å². The third-order valence-corrected chi connectivity index (χ3v) is 4.60. The zero-order valence-corrected chi connectivity index (χ0v) is 12.3. The first-order valence-corrected chi connectivity index (χ1v) is 8.23. The molecule has 0 radical (unpaired) electrons. The molecule has 1 aliphatic carbocycles. The molecule has 0 amide bonds. The Balaban J connectivity index is 1.57. The summed E-state index contributed by atoms with van der Waals surface area (Å²) in [5.74, 6) is 2.54. The highest BCUT2D eigenvalue weighted by molar-refractivity contribution is 7.99. The second-order valence-electron chi connectivity index (χ2n) is 5.29. The van der Waals surface area contributed by atoms with E-state index >= 15 is 0 Å². The van der Waals surface area contributed by atoms with Gasteiger partial charge in [0.1, 0.15) is 0 Å². The number of thioether (sulfide) groups is 1. The number of rotatable bonds is 6. The SMILES string of the molecule is OCC(CSc1ccc2c(c1)OCCCO2)NC1CC1. The van der Waals surface area contributed by atoms with E-state index < -0.39 is 0 Å². The van der Waals surface area contributed by atoms with Crippen LogP contribution in [0.2, 0.25) is 0 Å². The lowest BCUT2D eigenvalue weighted by Gasteiger charge is -2.16. The minimum absolute atomic E-state index is 0.170. The lowest BCUT2D eigenvalue weighted by Crippen LogP contribution is -2.36. The minimum atomic E-state index is 0.170. The molecule has 20 heavy (non-hydrogen) atoms. The van der Waals surface area contributed by atoms with Crippen molar-refractivity contribution >= 4 is 11.8 Å². The quantitative estimate of drug-likeness (QED) is 0.787. The lowest BCUT2D eigenvalue weighted by atomic mass is 10.3. The summed E-state index contributed by atoms with van der Waals surface area (Å²) in [6.07, 6.45) is 3.41. The molecule has 0 bridgehead atoms. The van der Waals surface area contributed by atoms with Crippen LogP contribution in [0, 0.1) is 0 Å². The van der Waals surface area contributed by atoms with Crippen molar-refractivity contribution in [3.8, 4) is 11.5 Å². The van der Waals surface area contributed by atoms with Crippen molar-refractivity contribution in [3.05, 3.63) is 18.2 Å². The predicted molar refractivity (Wildman–Crippen MR) is 79.8 cm³/mol. The smallest absolute Gasteiger partial charge is 0.162 e. The van der Waals surface area contributed by atoms with Gasteiger partial charge < -0.3 is 19.9 Å². The fourth-order valence-corrected chi connectivity index (χ4v) is 3.12. The Labute approximate surface area is 123 Å². The van der Waals surface area contributed by atoms with Crippen molar-refractivity contribution in [2.75, 3.05) is 25.6 Å². The van der Waals surface area contributed by atoms with Crippen molar-refractivity contribution in [1.82, 2.24) is 5.32 Å². The van der Waals surface area contributed by atoms with Gasteiger partial charge in [0, 0.05) is 29.2 Å². The molecule has 1 unspecified atom stereocenters. The van der Waals surface area contributed by atoms with Gasteiger partial charge in [-0.2, -0.15) is 0 Å². The minimum Gasteiger partial charge on any atom is -0.490 e. The van der Waals surface area contributed by atoms with Crippen LogP contribution in [0.5, 0.6) is 11.5 Å². The van der Waals surface area contributed by atoms with E-state index in [1.165, 1.54) is 12.8 Å². The van der Waals surface area contributed by atoms with E-state index in [-0.39, 0.29) is 12.6 Å². The van der Waals surface area contributed by atoms with Gasteiger partial charge in [-0.05, 0) is 31.0 Å². The molecular formula is C15H21NO3S. The van der Waals surface area contributed by atoms with Gasteiger partial charge in [0.2, 0.25) is 0 Å². The van der Waals surface area contributed by atoms with Gasteiger partial charge in [-0.25, -0.2) is 0 Å². The summed E-state index contributed by atoms with van der Waals surface area (Å²) in [5, 5.41) is 12.8. The van der Waals surface area contributed by atoms with Crippen LogP contribution in [0.3, 0.4) is 0 Å². The average molecular weight is 295 g/mol. The van der Waals surface area contributed by atoms with E-state index in [2.05, 4.69) is 11.4 Å². The van der Waals surface area contributed by atoms with Gasteiger partial charge in [0.05, 0.1) is 19.8 Å². The van der Waals surface area contributed by atoms with Gasteiger partial charge in [0.25, 0.3) is 0 Å². The second kappa shape index (κ2) is 6.70. The molecule has 1 fully saturated rings. The number of fused-ring (bicyclic) bond motifs is 1. The highest BCUT2D eigenvalue weighted by Crippen LogP contribution is 2.34. The predicted octanol–water partition coefficient (Wildman–Crippen LogP) is 2.05. The molecule has 2 N–H and O–H groups in total. The second-order valence-corrected chi connectivity index (χ2v) is 6.38. The zero-order chi connectivity index (χ0) is 13.8. The number of aliphatic hydroxyl groups is 1. The maximum atomic E-state index is 9.39. The molecule has 3 rings (SSSR count). The Morgan fingerprint density at radius 3 is 2.80 bits per heavy atom. The van der Waals surface area contributed by atoms with Crippen molar-refractivity contribution in [2.45, 2.75) is 36.2 Å². The molecule has 2 aliphatic rings. The first kappa shape index (κ1) is 14.0. The topological polar surface area (TPSA) is 50.7 Å². The van der Waals surface area contributed by atoms with Crippen molar-refractivity contribution in [2.24, 2.45) is 0 Å². The monoisotopic (exact) mass is 295 g/mol. The number of hydrogen-bond acceptors (Lipinski definition) is 5. The average Bonchev–Trinajstić information content (AvgIpc) is 3.29. The summed E-state index contributed by atoms with van der Waals surface area (Å²) in [5.41, 5.74) is 0. The van der Waals surface area contributed by atoms with Crippen LogP contribution in [0.15, 0.2) is 23.1 Å². The van der Waals surface area contributed by atoms with E-state index in [1.807, 2.05) is 12.1 Å². The summed E-state index contributed by atoms with van der Waals surface area (Å²) in [6, 6.07) is 6.87. The standard InChI is InChI=1S/C15H21NO3S/c17-9-12(16-11-2-3-11)10-20-13-4-5-14-15(8-13)19-7-1-6-18-14/h4-5,8,11-12,16-17H,1-3,6-7,9-10H2. The van der Waals surface area contributed by atoms with E-state index in [0.717, 1.165) is 35.2 Å². The molecule has 1 saturated carbocycles. The normalized spacial score (nSPS) is 19.4. The number of nitrogens with one attached hydrogen (secondary N) is 1. The van der Waals surface area contributed by atoms with E-state index in [1.54, 1.807) is 11.8 Å². The maximum Gasteiger partial charge on any atom is 0.162 e. The molecule has 5 heteroatoms. The van der Waals surface area contributed by atoms with Crippen molar-refractivity contribution < 1.29 is 14.6 Å². The van der Waals surface area contributed by atoms with E-state index in [9.17, 15) is 5.11 Å². The Kier molecular flexibility index (Phi) is 4.70. The first-order chi connectivity index (χ1) is 9.85. The Morgan fingerprint density at radius 2 is 2.05 bits per heavy atom. The summed E-state index contributed by atoms with van der Waals surface area (Å²) in [6.45, 7) is 1.62. The van der Waals surface area contributed by atoms with E-state index in [0.29, 0.717) is 12.6 Å². The summed E-state index contributed by atoms with van der Waals surface area (Å²) >= 11 is 1.74. The third kappa shape index (κ3) is 3.81. The van der Waals surface area contributed by atoms with Crippen LogP contribution in [0.25, 0.3) is 0 Å². The molecule has 1 aromatic carbocycles. The summed E-state index contributed by atoms with van der Waals surface area (Å²) in [4.78, 5) is 1.16. The largest absolute Gasteiger partial charge is 0.490 e. The third-order valence-electron chi connectivity index (χ3n) is 3.44. The van der Waals surface area contributed by atoms with Crippen molar-refractivity contribution in [3.63, 3.8) is 0 Å². The molecule has 4 nitrogen and oxygen atoms in total. The number of aliphatic hydroxyl groups excluding tert-OH is 1. The fourth-order valence-electron chi connectivity index (χ4n) is 2.17. The van der Waals surface area contributed by atoms with Crippen LogP contribution in [-0.4, -0.2) is 42.8 Å². The van der Waals surface area contributed by atoms with Gasteiger partial charge in [-0.1, -0.05) is 0 Å². The summed E-state index contributed by atoms with van der Waals surface area (Å²) in [7, 11) is 0. The van der Waals surface area contributed by atoms with Gasteiger partial charge in [-0.3, -0.25) is 0 Å². The number of ether oxygens (including phenoxy) is 2. The molecule has 110 valence electrons. The summed E-state index contributed by atoms with van der Waals surface area (Å²) < 4.78 is 11.3. The van der Waals surface area contributed by atoms with E-state index in [4.69, 9.17) is 9.47 Å². The van der Waals surface area contributed by atoms with Gasteiger partial charge >= 0.3 is 0 Å². The maximum absolute atomic E-state index is 9.39. The first-order valence-electron chi connectivity index (χ1n) is 7.24. The molecular weight excluding hydrogens is 274 g/mol. The highest BCUT2D eigenvalue weighted by Gasteiger charge is 2.24. The molecule has 1 heterocycles. The molecule has 0 saturated heterocycles. The van der Waals surface area contributed by atoms with Crippen LogP contribution in [-0.2, 0) is 0 Å². The Bertz CT molecular complexity index is 451. The molecule has 1 aliphatic heterocycles. The molecule has 0 aromatic heterocycles. The van der Waals surface area contributed by atoms with Crippen LogP contribution in [0.4, 0.5) is 0 Å².